The van der Waals surface area contributed by atoms with E-state index in [0.29, 0.717) is 16.6 Å². The summed E-state index contributed by atoms with van der Waals surface area (Å²) >= 11 is 12.3. The van der Waals surface area contributed by atoms with Crippen molar-refractivity contribution in [2.75, 3.05) is 13.1 Å². The number of aromatic nitrogens is 2. The molecule has 4 rings (SSSR count). The highest BCUT2D eigenvalue weighted by atomic mass is 35.5. The number of imidazole rings is 1. The highest BCUT2D eigenvalue weighted by Gasteiger charge is 2.23. The fraction of sp³-hybridized carbons (Fsp3) is 0.250. The van der Waals surface area contributed by atoms with Crippen LogP contribution >= 0.6 is 23.2 Å². The maximum Gasteiger partial charge on any atom is 0.139 e. The average molecular weight is 388 g/mol. The van der Waals surface area contributed by atoms with Gasteiger partial charge in [0.05, 0.1) is 22.5 Å². The Balaban J connectivity index is 1.49. The monoisotopic (exact) mass is 387 g/mol. The van der Waals surface area contributed by atoms with E-state index in [9.17, 15) is 5.11 Å². The van der Waals surface area contributed by atoms with Crippen molar-refractivity contribution < 1.29 is 5.11 Å². The molecule has 0 saturated heterocycles. The van der Waals surface area contributed by atoms with Crippen molar-refractivity contribution in [3.8, 4) is 11.4 Å². The number of nitrogens with zero attached hydrogens (tertiary/aromatic N) is 2. The van der Waals surface area contributed by atoms with Crippen molar-refractivity contribution in [3.05, 3.63) is 75.5 Å². The molecular formula is C20H19Cl2N3O. The molecule has 0 saturated carbocycles. The highest BCUT2D eigenvalue weighted by Crippen LogP contribution is 2.28. The molecule has 0 bridgehead atoms. The zero-order valence-electron chi connectivity index (χ0n) is 14.1. The number of hydrogen-bond donors (Lipinski definition) is 2. The molecule has 3 aromatic rings. The lowest BCUT2D eigenvalue weighted by Crippen LogP contribution is -2.34. The first kappa shape index (κ1) is 17.6. The molecule has 2 aromatic carbocycles. The molecule has 0 amide bonds. The van der Waals surface area contributed by atoms with E-state index in [2.05, 4.69) is 9.88 Å². The van der Waals surface area contributed by atoms with E-state index >= 15 is 0 Å². The number of hydrogen-bond acceptors (Lipinski definition) is 3. The van der Waals surface area contributed by atoms with Gasteiger partial charge in [-0.15, -0.1) is 0 Å². The van der Waals surface area contributed by atoms with Crippen LogP contribution in [0.25, 0.3) is 11.4 Å². The summed E-state index contributed by atoms with van der Waals surface area (Å²) in [5, 5.41) is 11.8. The Labute approximate surface area is 162 Å². The Morgan fingerprint density at radius 3 is 2.81 bits per heavy atom. The standard InChI is InChI=1S/C20H19Cl2N3O/c21-14-5-3-4-13(10-14)19(26)12-25-9-8-17-18(11-25)24-20(23-17)15-6-1-2-7-16(15)22/h1-7,10,19,26H,8-9,11-12H2,(H,23,24). The lowest BCUT2D eigenvalue weighted by molar-refractivity contribution is 0.105. The molecule has 1 unspecified atom stereocenters. The Morgan fingerprint density at radius 2 is 2.00 bits per heavy atom. The fourth-order valence-corrected chi connectivity index (χ4v) is 3.77. The molecule has 1 aromatic heterocycles. The number of nitrogens with one attached hydrogen (secondary N) is 1. The van der Waals surface area contributed by atoms with Crippen molar-refractivity contribution in [3.63, 3.8) is 0 Å². The molecule has 0 fully saturated rings. The van der Waals surface area contributed by atoms with Gasteiger partial charge < -0.3 is 10.1 Å². The summed E-state index contributed by atoms with van der Waals surface area (Å²) < 4.78 is 0. The molecule has 0 spiro atoms. The molecule has 6 heteroatoms. The van der Waals surface area contributed by atoms with Gasteiger partial charge in [0.15, 0.2) is 0 Å². The van der Waals surface area contributed by atoms with Gasteiger partial charge in [-0.2, -0.15) is 0 Å². The first-order valence-electron chi connectivity index (χ1n) is 8.58. The first-order valence-corrected chi connectivity index (χ1v) is 9.34. The van der Waals surface area contributed by atoms with Crippen LogP contribution < -0.4 is 0 Å². The van der Waals surface area contributed by atoms with Crippen molar-refractivity contribution in [1.29, 1.82) is 0 Å². The number of aliphatic hydroxyl groups is 1. The second-order valence-corrected chi connectivity index (χ2v) is 7.39. The third-order valence-electron chi connectivity index (χ3n) is 4.70. The lowest BCUT2D eigenvalue weighted by Gasteiger charge is -2.28. The summed E-state index contributed by atoms with van der Waals surface area (Å²) in [6.45, 7) is 2.14. The van der Waals surface area contributed by atoms with Crippen molar-refractivity contribution in [2.45, 2.75) is 19.1 Å². The number of fused-ring (bicyclic) bond motifs is 1. The molecule has 2 heterocycles. The molecule has 4 nitrogen and oxygen atoms in total. The van der Waals surface area contributed by atoms with Crippen LogP contribution in [0.15, 0.2) is 48.5 Å². The topological polar surface area (TPSA) is 52.1 Å². The minimum atomic E-state index is -0.568. The zero-order valence-corrected chi connectivity index (χ0v) is 15.6. The zero-order chi connectivity index (χ0) is 18.1. The van der Waals surface area contributed by atoms with Crippen LogP contribution in [-0.2, 0) is 13.0 Å². The van der Waals surface area contributed by atoms with Crippen LogP contribution in [0.1, 0.15) is 23.1 Å². The molecule has 1 atom stereocenters. The van der Waals surface area contributed by atoms with Crippen LogP contribution in [0.3, 0.4) is 0 Å². The maximum absolute atomic E-state index is 10.5. The lowest BCUT2D eigenvalue weighted by atomic mass is 10.1. The quantitative estimate of drug-likeness (QED) is 0.693. The van der Waals surface area contributed by atoms with Gasteiger partial charge in [-0.05, 0) is 29.8 Å². The minimum absolute atomic E-state index is 0.556. The Bertz CT molecular complexity index is 925. The number of halogens is 2. The summed E-state index contributed by atoms with van der Waals surface area (Å²) in [7, 11) is 0. The predicted molar refractivity (Wildman–Crippen MR) is 104 cm³/mol. The van der Waals surface area contributed by atoms with Crippen molar-refractivity contribution in [2.24, 2.45) is 0 Å². The van der Waals surface area contributed by atoms with Gasteiger partial charge >= 0.3 is 0 Å². The van der Waals surface area contributed by atoms with E-state index in [1.807, 2.05) is 48.5 Å². The predicted octanol–water partition coefficient (Wildman–Crippen LogP) is 4.48. The molecule has 1 aliphatic heterocycles. The van der Waals surface area contributed by atoms with Gasteiger partial charge in [-0.1, -0.05) is 47.5 Å². The summed E-state index contributed by atoms with van der Waals surface area (Å²) in [5.74, 6) is 0.804. The Kier molecular flexibility index (Phi) is 5.00. The molecular weight excluding hydrogens is 369 g/mol. The number of benzene rings is 2. The summed E-state index contributed by atoms with van der Waals surface area (Å²) in [4.78, 5) is 10.3. The van der Waals surface area contributed by atoms with Gasteiger partial charge in [0.1, 0.15) is 5.82 Å². The SMILES string of the molecule is OC(CN1CCc2nc(-c3ccccc3Cl)[nH]c2C1)c1cccc(Cl)c1. The van der Waals surface area contributed by atoms with E-state index < -0.39 is 6.10 Å². The van der Waals surface area contributed by atoms with Crippen molar-refractivity contribution >= 4 is 23.2 Å². The molecule has 26 heavy (non-hydrogen) atoms. The van der Waals surface area contributed by atoms with Gasteiger partial charge in [0.25, 0.3) is 0 Å². The van der Waals surface area contributed by atoms with E-state index in [-0.39, 0.29) is 0 Å². The second kappa shape index (κ2) is 7.41. The number of rotatable bonds is 4. The van der Waals surface area contributed by atoms with Crippen LogP contribution in [0.4, 0.5) is 0 Å². The molecule has 2 N–H and O–H groups in total. The van der Waals surface area contributed by atoms with E-state index in [1.165, 1.54) is 0 Å². The fourth-order valence-electron chi connectivity index (χ4n) is 3.35. The summed E-state index contributed by atoms with van der Waals surface area (Å²) in [5.41, 5.74) is 3.91. The van der Waals surface area contributed by atoms with Gasteiger partial charge in [-0.3, -0.25) is 4.90 Å². The Morgan fingerprint density at radius 1 is 1.15 bits per heavy atom. The van der Waals surface area contributed by atoms with Crippen LogP contribution in [-0.4, -0.2) is 33.1 Å². The number of H-pyrrole nitrogens is 1. The normalized spacial score (nSPS) is 15.7. The van der Waals surface area contributed by atoms with E-state index in [4.69, 9.17) is 28.2 Å². The molecule has 134 valence electrons. The smallest absolute Gasteiger partial charge is 0.139 e. The second-order valence-electron chi connectivity index (χ2n) is 6.55. The molecule has 0 radical (unpaired) electrons. The van der Waals surface area contributed by atoms with Gasteiger partial charge in [0, 0.05) is 36.6 Å². The third kappa shape index (κ3) is 3.64. The summed E-state index contributed by atoms with van der Waals surface area (Å²) in [6, 6.07) is 15.1. The molecule has 1 aliphatic rings. The highest BCUT2D eigenvalue weighted by molar-refractivity contribution is 6.33. The number of β-amino-alcohol motifs (C(OH)–C–C–N with tert-alkyl or cyclic N) is 1. The largest absolute Gasteiger partial charge is 0.387 e. The van der Waals surface area contributed by atoms with Crippen LogP contribution in [0.2, 0.25) is 10.0 Å². The third-order valence-corrected chi connectivity index (χ3v) is 5.27. The van der Waals surface area contributed by atoms with E-state index in [1.54, 1.807) is 0 Å². The first-order chi connectivity index (χ1) is 12.6. The van der Waals surface area contributed by atoms with Crippen LogP contribution in [0.5, 0.6) is 0 Å². The average Bonchev–Trinajstić information content (AvgIpc) is 3.05. The number of aliphatic hydroxyl groups excluding tert-OH is 1. The minimum Gasteiger partial charge on any atom is -0.387 e. The van der Waals surface area contributed by atoms with Crippen LogP contribution in [0, 0.1) is 0 Å². The number of aromatic amines is 1. The molecule has 0 aliphatic carbocycles. The Hall–Kier alpha value is -1.85. The van der Waals surface area contributed by atoms with E-state index in [0.717, 1.165) is 47.8 Å². The van der Waals surface area contributed by atoms with Crippen molar-refractivity contribution in [1.82, 2.24) is 14.9 Å². The summed E-state index contributed by atoms with van der Waals surface area (Å²) in [6.07, 6.45) is 0.277. The maximum atomic E-state index is 10.5. The van der Waals surface area contributed by atoms with Gasteiger partial charge in [0.2, 0.25) is 0 Å². The van der Waals surface area contributed by atoms with Gasteiger partial charge in [-0.25, -0.2) is 4.98 Å².